The number of benzene rings is 3. The van der Waals surface area contributed by atoms with E-state index in [9.17, 15) is 14.9 Å². The maximum absolute atomic E-state index is 12.5. The number of nitrogens with zero attached hydrogens (tertiary/aromatic N) is 2. The summed E-state index contributed by atoms with van der Waals surface area (Å²) in [7, 11) is 0. The van der Waals surface area contributed by atoms with Crippen LogP contribution in [0.2, 0.25) is 5.02 Å². The Morgan fingerprint density at radius 1 is 1.17 bits per heavy atom. The maximum atomic E-state index is 12.5. The fourth-order valence-electron chi connectivity index (χ4n) is 3.45. The highest BCUT2D eigenvalue weighted by atomic mass is 79.9. The van der Waals surface area contributed by atoms with Crippen molar-refractivity contribution in [3.05, 3.63) is 99.8 Å². The number of thioether (sulfide) groups is 1. The van der Waals surface area contributed by atoms with E-state index in [-0.39, 0.29) is 18.2 Å². The molecule has 0 bridgehead atoms. The Morgan fingerprint density at radius 2 is 1.89 bits per heavy atom. The number of halogens is 3. The molecular formula is C25H18Br2ClN3O4S. The Kier molecular flexibility index (Phi) is 8.19. The molecule has 36 heavy (non-hydrogen) atoms. The van der Waals surface area contributed by atoms with Crippen LogP contribution in [0.1, 0.15) is 22.3 Å². The first kappa shape index (κ1) is 26.4. The van der Waals surface area contributed by atoms with Gasteiger partial charge in [-0.1, -0.05) is 39.7 Å². The first-order chi connectivity index (χ1) is 17.1. The summed E-state index contributed by atoms with van der Waals surface area (Å²) >= 11 is 14.7. The van der Waals surface area contributed by atoms with Crippen molar-refractivity contribution in [2.75, 3.05) is 0 Å². The van der Waals surface area contributed by atoms with Crippen LogP contribution in [0.3, 0.4) is 0 Å². The number of carbonyl (C=O) groups excluding carboxylic acids is 1. The molecule has 4 rings (SSSR count). The average molecular weight is 652 g/mol. The van der Waals surface area contributed by atoms with E-state index in [1.807, 2.05) is 26.0 Å². The van der Waals surface area contributed by atoms with Crippen LogP contribution >= 0.6 is 55.2 Å². The van der Waals surface area contributed by atoms with Gasteiger partial charge in [-0.15, -0.1) is 0 Å². The molecule has 184 valence electrons. The third-order valence-corrected chi connectivity index (χ3v) is 8.16. The van der Waals surface area contributed by atoms with Crippen LogP contribution in [-0.2, 0) is 11.4 Å². The number of amides is 1. The molecule has 7 nitrogen and oxygen atoms in total. The number of nitro groups is 1. The third-order valence-electron chi connectivity index (χ3n) is 5.13. The minimum absolute atomic E-state index is 0.0103. The number of hydrogen-bond acceptors (Lipinski definition) is 6. The molecule has 11 heteroatoms. The molecule has 0 radical (unpaired) electrons. The zero-order valence-electron chi connectivity index (χ0n) is 19.0. The fourth-order valence-corrected chi connectivity index (χ4v) is 5.51. The van der Waals surface area contributed by atoms with Crippen LogP contribution in [-0.4, -0.2) is 16.0 Å². The van der Waals surface area contributed by atoms with Crippen molar-refractivity contribution < 1.29 is 14.5 Å². The zero-order chi connectivity index (χ0) is 26.0. The molecule has 1 heterocycles. The van der Waals surface area contributed by atoms with Gasteiger partial charge in [-0.05, 0) is 94.1 Å². The number of aryl methyl sites for hydroxylation is 2. The molecule has 0 aliphatic carbocycles. The van der Waals surface area contributed by atoms with Gasteiger partial charge >= 0.3 is 0 Å². The van der Waals surface area contributed by atoms with Gasteiger partial charge in [0.1, 0.15) is 6.61 Å². The largest absolute Gasteiger partial charge is 0.486 e. The number of ether oxygens (including phenoxy) is 1. The molecule has 3 aromatic rings. The fraction of sp³-hybridized carbons (Fsp3) is 0.120. The standard InChI is InChI=1S/C25H18Br2ClN3O4S/c1-13-6-17(7-14(2)22(13)27)29-25-30-24(32)21(36-25)11-16-9-19(26)23(20(28)10-16)35-12-15-4-3-5-18(8-15)31(33)34/h3-11H,12H2,1-2H3,(H,29,30,32)/b21-11-. The molecular weight excluding hydrogens is 634 g/mol. The topological polar surface area (TPSA) is 93.8 Å². The molecule has 1 aliphatic heterocycles. The van der Waals surface area contributed by atoms with Crippen LogP contribution in [0.4, 0.5) is 11.4 Å². The third kappa shape index (κ3) is 6.18. The normalized spacial score (nSPS) is 15.4. The summed E-state index contributed by atoms with van der Waals surface area (Å²) in [6.45, 7) is 4.09. The number of amidine groups is 1. The van der Waals surface area contributed by atoms with E-state index in [1.54, 1.807) is 30.3 Å². The predicted molar refractivity (Wildman–Crippen MR) is 151 cm³/mol. The summed E-state index contributed by atoms with van der Waals surface area (Å²) in [5, 5.41) is 14.6. The van der Waals surface area contributed by atoms with Gasteiger partial charge in [0.2, 0.25) is 0 Å². The van der Waals surface area contributed by atoms with E-state index in [0.29, 0.717) is 36.4 Å². The Bertz CT molecular complexity index is 1410. The number of nitrogens with one attached hydrogen (secondary N) is 1. The molecule has 0 spiro atoms. The molecule has 1 aliphatic rings. The minimum atomic E-state index is -0.455. The Balaban J connectivity index is 1.51. The van der Waals surface area contributed by atoms with Crippen LogP contribution < -0.4 is 10.1 Å². The molecule has 0 unspecified atom stereocenters. The van der Waals surface area contributed by atoms with Gasteiger partial charge in [-0.25, -0.2) is 4.99 Å². The number of aliphatic imine (C=N–C) groups is 1. The van der Waals surface area contributed by atoms with Crippen molar-refractivity contribution in [1.29, 1.82) is 0 Å². The lowest BCUT2D eigenvalue weighted by atomic mass is 10.1. The molecule has 1 fully saturated rings. The lowest BCUT2D eigenvalue weighted by Gasteiger charge is -2.11. The number of hydrogen-bond donors (Lipinski definition) is 1. The number of non-ortho nitro benzene ring substituents is 1. The zero-order valence-corrected chi connectivity index (χ0v) is 23.7. The quantitative estimate of drug-likeness (QED) is 0.166. The summed E-state index contributed by atoms with van der Waals surface area (Å²) in [5.41, 5.74) is 4.21. The van der Waals surface area contributed by atoms with Gasteiger partial charge in [0.15, 0.2) is 10.9 Å². The summed E-state index contributed by atoms with van der Waals surface area (Å²) in [6, 6.07) is 13.6. The monoisotopic (exact) mass is 649 g/mol. The van der Waals surface area contributed by atoms with Crippen molar-refractivity contribution in [3.63, 3.8) is 0 Å². The molecule has 1 amide bonds. The first-order valence-electron chi connectivity index (χ1n) is 10.5. The lowest BCUT2D eigenvalue weighted by Crippen LogP contribution is -2.19. The van der Waals surface area contributed by atoms with Crippen molar-refractivity contribution >= 4 is 83.7 Å². The van der Waals surface area contributed by atoms with Crippen LogP contribution in [0.5, 0.6) is 5.75 Å². The highest BCUT2D eigenvalue weighted by Gasteiger charge is 2.24. The highest BCUT2D eigenvalue weighted by Crippen LogP contribution is 2.37. The molecule has 0 atom stereocenters. The van der Waals surface area contributed by atoms with E-state index < -0.39 is 4.92 Å². The van der Waals surface area contributed by atoms with Crippen molar-refractivity contribution in [2.24, 2.45) is 4.99 Å². The second-order valence-corrected chi connectivity index (χ2v) is 11.0. The Morgan fingerprint density at radius 3 is 2.56 bits per heavy atom. The van der Waals surface area contributed by atoms with Gasteiger partial charge in [0.25, 0.3) is 11.6 Å². The second-order valence-electron chi connectivity index (χ2n) is 7.90. The lowest BCUT2D eigenvalue weighted by molar-refractivity contribution is -0.384. The Labute approximate surface area is 233 Å². The van der Waals surface area contributed by atoms with Crippen molar-refractivity contribution in [2.45, 2.75) is 20.5 Å². The molecule has 0 saturated carbocycles. The van der Waals surface area contributed by atoms with Gasteiger partial charge in [0, 0.05) is 16.6 Å². The van der Waals surface area contributed by atoms with Gasteiger partial charge in [-0.2, -0.15) is 0 Å². The summed E-state index contributed by atoms with van der Waals surface area (Å²) in [6.07, 6.45) is 1.72. The van der Waals surface area contributed by atoms with E-state index in [2.05, 4.69) is 42.2 Å². The summed E-state index contributed by atoms with van der Waals surface area (Å²) in [5.74, 6) is 0.152. The van der Waals surface area contributed by atoms with Crippen molar-refractivity contribution in [1.82, 2.24) is 5.32 Å². The SMILES string of the molecule is Cc1cc(N=C2NC(=O)/C(=C/c3cc(Cl)c(OCc4cccc([N+](=O)[O-])c4)c(Br)c3)S2)cc(C)c1Br. The van der Waals surface area contributed by atoms with Crippen LogP contribution in [0.25, 0.3) is 6.08 Å². The van der Waals surface area contributed by atoms with Gasteiger partial charge in [-0.3, -0.25) is 14.9 Å². The van der Waals surface area contributed by atoms with E-state index in [4.69, 9.17) is 16.3 Å². The number of nitro benzene ring substituents is 1. The minimum Gasteiger partial charge on any atom is -0.486 e. The smallest absolute Gasteiger partial charge is 0.269 e. The number of rotatable bonds is 6. The van der Waals surface area contributed by atoms with Crippen LogP contribution in [0.15, 0.2) is 67.4 Å². The molecule has 1 saturated heterocycles. The second kappa shape index (κ2) is 11.2. The highest BCUT2D eigenvalue weighted by molar-refractivity contribution is 9.10. The van der Waals surface area contributed by atoms with Gasteiger partial charge < -0.3 is 10.1 Å². The Hall–Kier alpha value is -2.66. The predicted octanol–water partition coefficient (Wildman–Crippen LogP) is 7.86. The van der Waals surface area contributed by atoms with Crippen molar-refractivity contribution in [3.8, 4) is 5.75 Å². The molecule has 1 N–H and O–H groups in total. The maximum Gasteiger partial charge on any atom is 0.269 e. The molecule has 0 aromatic heterocycles. The van der Waals surface area contributed by atoms with E-state index in [1.165, 1.54) is 23.9 Å². The van der Waals surface area contributed by atoms with Gasteiger partial charge in [0.05, 0.1) is 25.0 Å². The van der Waals surface area contributed by atoms with Crippen LogP contribution in [0, 0.1) is 24.0 Å². The number of carbonyl (C=O) groups is 1. The first-order valence-corrected chi connectivity index (χ1v) is 13.3. The average Bonchev–Trinajstić information content (AvgIpc) is 3.15. The summed E-state index contributed by atoms with van der Waals surface area (Å²) in [4.78, 5) is 28.1. The molecule has 3 aromatic carbocycles. The summed E-state index contributed by atoms with van der Waals surface area (Å²) < 4.78 is 7.44. The van der Waals surface area contributed by atoms with E-state index in [0.717, 1.165) is 21.3 Å². The van der Waals surface area contributed by atoms with E-state index >= 15 is 0 Å².